The monoisotopic (exact) mass is 406 g/mol. The van der Waals surface area contributed by atoms with Crippen LogP contribution in [0.2, 0.25) is 0 Å². The zero-order valence-electron chi connectivity index (χ0n) is 18.8. The van der Waals surface area contributed by atoms with Crippen LogP contribution in [-0.4, -0.2) is 33.5 Å². The normalized spacial score (nSPS) is 52.9. The molecular formula is C25H42O4. The van der Waals surface area contributed by atoms with E-state index in [1.807, 2.05) is 0 Å². The molecule has 0 spiro atoms. The number of rotatable bonds is 4. The highest BCUT2D eigenvalue weighted by atomic mass is 16.4. The molecule has 4 rings (SSSR count). The van der Waals surface area contributed by atoms with Crippen LogP contribution < -0.4 is 0 Å². The Morgan fingerprint density at radius 1 is 1.00 bits per heavy atom. The van der Waals surface area contributed by atoms with Gasteiger partial charge in [0.25, 0.3) is 0 Å². The summed E-state index contributed by atoms with van der Waals surface area (Å²) in [5, 5.41) is 31.0. The number of aliphatic carboxylic acids is 1. The molecular weight excluding hydrogens is 364 g/mol. The molecule has 4 fully saturated rings. The molecule has 0 heterocycles. The summed E-state index contributed by atoms with van der Waals surface area (Å²) >= 11 is 0. The van der Waals surface area contributed by atoms with Gasteiger partial charge in [0.1, 0.15) is 0 Å². The second-order valence-electron chi connectivity index (χ2n) is 11.8. The fourth-order valence-electron chi connectivity index (χ4n) is 9.18. The van der Waals surface area contributed by atoms with E-state index in [4.69, 9.17) is 5.11 Å². The Kier molecular flexibility index (Phi) is 5.60. The highest BCUT2D eigenvalue weighted by Gasteiger charge is 2.64. The van der Waals surface area contributed by atoms with Crippen LogP contribution in [0.25, 0.3) is 0 Å². The molecule has 4 saturated carbocycles. The average molecular weight is 407 g/mol. The van der Waals surface area contributed by atoms with Gasteiger partial charge in [0, 0.05) is 6.42 Å². The Hall–Kier alpha value is -0.610. The van der Waals surface area contributed by atoms with Crippen molar-refractivity contribution in [2.75, 3.05) is 0 Å². The van der Waals surface area contributed by atoms with Crippen molar-refractivity contribution in [1.29, 1.82) is 0 Å². The smallest absolute Gasteiger partial charge is 0.303 e. The minimum Gasteiger partial charge on any atom is -0.481 e. The van der Waals surface area contributed by atoms with Crippen molar-refractivity contribution in [3.8, 4) is 0 Å². The summed E-state index contributed by atoms with van der Waals surface area (Å²) in [5.74, 6) is 2.50. The number of fused-ring (bicyclic) bond motifs is 5. The summed E-state index contributed by atoms with van der Waals surface area (Å²) in [6, 6.07) is 0. The van der Waals surface area contributed by atoms with E-state index in [1.165, 1.54) is 25.7 Å². The van der Waals surface area contributed by atoms with Crippen LogP contribution in [0.3, 0.4) is 0 Å². The number of carboxylic acid groups (broad SMARTS) is 1. The van der Waals surface area contributed by atoms with E-state index >= 15 is 0 Å². The number of carbonyl (C=O) groups is 1. The first-order valence-corrected chi connectivity index (χ1v) is 12.2. The van der Waals surface area contributed by atoms with Crippen LogP contribution >= 0.6 is 0 Å². The molecule has 4 heteroatoms. The standard InChI is InChI=1S/C25H42O4/c1-14(5-8-21(27)28)17-6-7-18-22-19(10-12-24(17,18)3)25(4)11-9-16(26)13-20(25)15(2)23(22)29/h14-20,22-23,26,29H,5-13H2,1-4H3,(H,27,28)/t14?,15?,16?,17?,18?,19?,20?,22?,23?,24-,25-/m1/s1. The van der Waals surface area contributed by atoms with Gasteiger partial charge in [-0.3, -0.25) is 4.79 Å². The summed E-state index contributed by atoms with van der Waals surface area (Å²) in [7, 11) is 0. The minimum atomic E-state index is -0.685. The van der Waals surface area contributed by atoms with Crippen molar-refractivity contribution in [2.45, 2.75) is 97.7 Å². The molecule has 11 atom stereocenters. The van der Waals surface area contributed by atoms with Gasteiger partial charge in [-0.05, 0) is 104 Å². The molecule has 0 radical (unpaired) electrons. The number of hydrogen-bond donors (Lipinski definition) is 3. The van der Waals surface area contributed by atoms with Crippen molar-refractivity contribution in [3.63, 3.8) is 0 Å². The highest BCUT2D eigenvalue weighted by Crippen LogP contribution is 2.69. The van der Waals surface area contributed by atoms with Gasteiger partial charge in [0.15, 0.2) is 0 Å². The first-order chi connectivity index (χ1) is 13.6. The van der Waals surface area contributed by atoms with Crippen molar-refractivity contribution < 1.29 is 20.1 Å². The number of aliphatic hydroxyl groups is 2. The van der Waals surface area contributed by atoms with Gasteiger partial charge < -0.3 is 15.3 Å². The van der Waals surface area contributed by atoms with Gasteiger partial charge >= 0.3 is 5.97 Å². The molecule has 4 aliphatic carbocycles. The van der Waals surface area contributed by atoms with Gasteiger partial charge in [-0.1, -0.05) is 27.7 Å². The van der Waals surface area contributed by atoms with Gasteiger partial charge in [-0.15, -0.1) is 0 Å². The molecule has 0 saturated heterocycles. The maximum atomic E-state index is 11.5. The van der Waals surface area contributed by atoms with Crippen molar-refractivity contribution >= 4 is 5.97 Å². The lowest BCUT2D eigenvalue weighted by Crippen LogP contribution is -2.61. The van der Waals surface area contributed by atoms with Crippen molar-refractivity contribution in [1.82, 2.24) is 0 Å². The van der Waals surface area contributed by atoms with Crippen LogP contribution in [0.4, 0.5) is 0 Å². The van der Waals surface area contributed by atoms with Gasteiger partial charge in [0.2, 0.25) is 0 Å². The summed E-state index contributed by atoms with van der Waals surface area (Å²) in [6.45, 7) is 9.41. The predicted molar refractivity (Wildman–Crippen MR) is 113 cm³/mol. The number of aliphatic hydroxyl groups excluding tert-OH is 2. The molecule has 4 aliphatic rings. The fraction of sp³-hybridized carbons (Fsp3) is 0.960. The van der Waals surface area contributed by atoms with Crippen molar-refractivity contribution in [2.24, 2.45) is 52.3 Å². The van der Waals surface area contributed by atoms with Gasteiger partial charge in [-0.2, -0.15) is 0 Å². The molecule has 0 aromatic rings. The predicted octanol–water partition coefficient (Wildman–Crippen LogP) is 4.72. The minimum absolute atomic E-state index is 0.195. The van der Waals surface area contributed by atoms with Crippen molar-refractivity contribution in [3.05, 3.63) is 0 Å². The Balaban J connectivity index is 1.59. The SMILES string of the molecule is CC(CCC(=O)O)C1CCC2C3C(O)C(C)C4CC(O)CC[C@]4(C)C3CC[C@]12C. The third-order valence-corrected chi connectivity index (χ3v) is 10.7. The van der Waals surface area contributed by atoms with Crippen LogP contribution in [0, 0.1) is 52.3 Å². The molecule has 4 nitrogen and oxygen atoms in total. The molecule has 166 valence electrons. The topological polar surface area (TPSA) is 77.8 Å². The van der Waals surface area contributed by atoms with E-state index in [2.05, 4.69) is 27.7 Å². The maximum absolute atomic E-state index is 11.5. The van der Waals surface area contributed by atoms with E-state index in [0.717, 1.165) is 25.7 Å². The van der Waals surface area contributed by atoms with Crippen LogP contribution in [0.5, 0.6) is 0 Å². The first-order valence-electron chi connectivity index (χ1n) is 12.2. The maximum Gasteiger partial charge on any atom is 0.303 e. The van der Waals surface area contributed by atoms with Crippen LogP contribution in [0.15, 0.2) is 0 Å². The number of hydrogen-bond acceptors (Lipinski definition) is 3. The van der Waals surface area contributed by atoms with E-state index in [9.17, 15) is 15.0 Å². The van der Waals surface area contributed by atoms with Crippen LogP contribution in [0.1, 0.15) is 85.5 Å². The fourth-order valence-corrected chi connectivity index (χ4v) is 9.18. The zero-order chi connectivity index (χ0) is 21.1. The Bertz CT molecular complexity index is 634. The van der Waals surface area contributed by atoms with Gasteiger partial charge in [0.05, 0.1) is 12.2 Å². The number of carboxylic acids is 1. The molecule has 3 N–H and O–H groups in total. The van der Waals surface area contributed by atoms with Gasteiger partial charge in [-0.25, -0.2) is 0 Å². The zero-order valence-corrected chi connectivity index (χ0v) is 18.8. The second-order valence-corrected chi connectivity index (χ2v) is 11.8. The lowest BCUT2D eigenvalue weighted by Gasteiger charge is -2.64. The second kappa shape index (κ2) is 7.51. The Morgan fingerprint density at radius 3 is 2.34 bits per heavy atom. The summed E-state index contributed by atoms with van der Waals surface area (Å²) in [6.07, 6.45) is 8.22. The highest BCUT2D eigenvalue weighted by molar-refractivity contribution is 5.66. The van der Waals surface area contributed by atoms with E-state index in [-0.39, 0.29) is 35.4 Å². The first kappa shape index (κ1) is 21.6. The third kappa shape index (κ3) is 3.28. The molecule has 0 aromatic heterocycles. The summed E-state index contributed by atoms with van der Waals surface area (Å²) < 4.78 is 0. The van der Waals surface area contributed by atoms with E-state index in [0.29, 0.717) is 35.5 Å². The van der Waals surface area contributed by atoms with E-state index in [1.54, 1.807) is 0 Å². The quantitative estimate of drug-likeness (QED) is 0.631. The molecule has 0 amide bonds. The van der Waals surface area contributed by atoms with Crippen LogP contribution in [-0.2, 0) is 4.79 Å². The largest absolute Gasteiger partial charge is 0.481 e. The lowest BCUT2D eigenvalue weighted by molar-refractivity contribution is -0.199. The molecule has 0 bridgehead atoms. The third-order valence-electron chi connectivity index (χ3n) is 10.7. The molecule has 29 heavy (non-hydrogen) atoms. The van der Waals surface area contributed by atoms with E-state index < -0.39 is 5.97 Å². The Morgan fingerprint density at radius 2 is 1.66 bits per heavy atom. The average Bonchev–Trinajstić information content (AvgIpc) is 3.02. The summed E-state index contributed by atoms with van der Waals surface area (Å²) in [4.78, 5) is 11.1. The summed E-state index contributed by atoms with van der Waals surface area (Å²) in [5.41, 5.74) is 0.480. The Labute approximate surface area is 176 Å². The lowest BCUT2D eigenvalue weighted by atomic mass is 9.42. The molecule has 9 unspecified atom stereocenters. The molecule has 0 aliphatic heterocycles. The molecule has 0 aromatic carbocycles.